The molecule has 5 heteroatoms. The first-order chi connectivity index (χ1) is 6.99. The van der Waals surface area contributed by atoms with Gasteiger partial charge in [-0.2, -0.15) is 0 Å². The van der Waals surface area contributed by atoms with Crippen LogP contribution in [-0.2, 0) is 0 Å². The molecule has 0 aliphatic rings. The van der Waals surface area contributed by atoms with Crippen LogP contribution in [0.4, 0.5) is 20.6 Å². The van der Waals surface area contributed by atoms with Gasteiger partial charge in [0.15, 0.2) is 0 Å². The second-order valence-corrected chi connectivity index (χ2v) is 3.48. The number of nitrogens with two attached hydrogens (primary N) is 1. The van der Waals surface area contributed by atoms with Gasteiger partial charge in [-0.15, -0.1) is 0 Å². The molecule has 0 bridgehead atoms. The molecule has 0 aliphatic carbocycles. The highest BCUT2D eigenvalue weighted by atomic mass is 19.1. The van der Waals surface area contributed by atoms with Crippen LogP contribution in [0, 0.1) is 5.82 Å². The number of anilines is 2. The standard InChI is InChI=1S/C10H14FN3O/c1-6(2)13-10(15)14-9-4-3-7(11)5-8(9)12/h3-6H,12H2,1-2H3,(H2,13,14,15). The zero-order valence-electron chi connectivity index (χ0n) is 8.67. The van der Waals surface area contributed by atoms with E-state index in [0.29, 0.717) is 5.69 Å². The number of urea groups is 1. The Morgan fingerprint density at radius 1 is 1.47 bits per heavy atom. The van der Waals surface area contributed by atoms with E-state index in [1.807, 2.05) is 13.8 Å². The van der Waals surface area contributed by atoms with E-state index in [1.165, 1.54) is 12.1 Å². The van der Waals surface area contributed by atoms with Gasteiger partial charge in [-0.25, -0.2) is 9.18 Å². The summed E-state index contributed by atoms with van der Waals surface area (Å²) in [6.45, 7) is 3.68. The van der Waals surface area contributed by atoms with E-state index in [-0.39, 0.29) is 17.8 Å². The van der Waals surface area contributed by atoms with Gasteiger partial charge in [0.05, 0.1) is 11.4 Å². The molecule has 0 heterocycles. The molecule has 1 aromatic carbocycles. The lowest BCUT2D eigenvalue weighted by Crippen LogP contribution is -2.34. The molecule has 1 aromatic rings. The summed E-state index contributed by atoms with van der Waals surface area (Å²) in [5.74, 6) is -0.428. The second-order valence-electron chi connectivity index (χ2n) is 3.48. The summed E-state index contributed by atoms with van der Waals surface area (Å²) in [5, 5.41) is 5.16. The van der Waals surface area contributed by atoms with Crippen LogP contribution in [-0.4, -0.2) is 12.1 Å². The van der Waals surface area contributed by atoms with E-state index < -0.39 is 5.82 Å². The molecule has 4 N–H and O–H groups in total. The molecule has 15 heavy (non-hydrogen) atoms. The quantitative estimate of drug-likeness (QED) is 0.654. The maximum absolute atomic E-state index is 12.7. The molecule has 4 nitrogen and oxygen atoms in total. The lowest BCUT2D eigenvalue weighted by atomic mass is 10.2. The fourth-order valence-corrected chi connectivity index (χ4v) is 1.07. The van der Waals surface area contributed by atoms with E-state index in [2.05, 4.69) is 10.6 Å². The SMILES string of the molecule is CC(C)NC(=O)Nc1ccc(F)cc1N. The first-order valence-electron chi connectivity index (χ1n) is 4.61. The molecule has 0 aromatic heterocycles. The van der Waals surface area contributed by atoms with Crippen molar-refractivity contribution < 1.29 is 9.18 Å². The van der Waals surface area contributed by atoms with Gasteiger partial charge in [-0.3, -0.25) is 0 Å². The van der Waals surface area contributed by atoms with Crippen molar-refractivity contribution in [2.75, 3.05) is 11.1 Å². The second kappa shape index (κ2) is 4.63. The lowest BCUT2D eigenvalue weighted by molar-refractivity contribution is 0.250. The predicted octanol–water partition coefficient (Wildman–Crippen LogP) is 1.94. The molecule has 0 spiro atoms. The van der Waals surface area contributed by atoms with Crippen molar-refractivity contribution in [1.29, 1.82) is 0 Å². The zero-order valence-corrected chi connectivity index (χ0v) is 8.67. The van der Waals surface area contributed by atoms with Crippen LogP contribution < -0.4 is 16.4 Å². The average Bonchev–Trinajstić information content (AvgIpc) is 2.08. The van der Waals surface area contributed by atoms with Crippen LogP contribution >= 0.6 is 0 Å². The van der Waals surface area contributed by atoms with E-state index >= 15 is 0 Å². The van der Waals surface area contributed by atoms with Crippen molar-refractivity contribution >= 4 is 17.4 Å². The number of nitrogens with one attached hydrogen (secondary N) is 2. The first-order valence-corrected chi connectivity index (χ1v) is 4.61. The van der Waals surface area contributed by atoms with Crippen LogP contribution in [0.1, 0.15) is 13.8 Å². The maximum atomic E-state index is 12.7. The normalized spacial score (nSPS) is 10.1. The van der Waals surface area contributed by atoms with Crippen LogP contribution in [0.3, 0.4) is 0 Å². The number of halogens is 1. The summed E-state index contributed by atoms with van der Waals surface area (Å²) in [7, 11) is 0. The van der Waals surface area contributed by atoms with Crippen LogP contribution in [0.15, 0.2) is 18.2 Å². The lowest BCUT2D eigenvalue weighted by Gasteiger charge is -2.11. The van der Waals surface area contributed by atoms with Gasteiger partial charge in [-0.1, -0.05) is 0 Å². The van der Waals surface area contributed by atoms with Crippen LogP contribution in [0.5, 0.6) is 0 Å². The van der Waals surface area contributed by atoms with Crippen LogP contribution in [0.25, 0.3) is 0 Å². The number of rotatable bonds is 2. The Hall–Kier alpha value is -1.78. The predicted molar refractivity (Wildman–Crippen MR) is 58.1 cm³/mol. The summed E-state index contributed by atoms with van der Waals surface area (Å²) >= 11 is 0. The molecule has 0 saturated carbocycles. The minimum absolute atomic E-state index is 0.0340. The average molecular weight is 211 g/mol. The van der Waals surface area contributed by atoms with Crippen molar-refractivity contribution in [2.24, 2.45) is 0 Å². The smallest absolute Gasteiger partial charge is 0.319 e. The first kappa shape index (κ1) is 11.3. The van der Waals surface area contributed by atoms with Crippen molar-refractivity contribution in [3.63, 3.8) is 0 Å². The van der Waals surface area contributed by atoms with Crippen LogP contribution in [0.2, 0.25) is 0 Å². The number of benzene rings is 1. The molecular formula is C10H14FN3O. The highest BCUT2D eigenvalue weighted by Crippen LogP contribution is 2.18. The Balaban J connectivity index is 2.68. The summed E-state index contributed by atoms with van der Waals surface area (Å²) in [5.41, 5.74) is 6.12. The third-order valence-electron chi connectivity index (χ3n) is 1.68. The highest BCUT2D eigenvalue weighted by Gasteiger charge is 2.06. The summed E-state index contributed by atoms with van der Waals surface area (Å²) in [4.78, 5) is 11.3. The van der Waals surface area contributed by atoms with E-state index in [0.717, 1.165) is 6.07 Å². The minimum Gasteiger partial charge on any atom is -0.397 e. The monoisotopic (exact) mass is 211 g/mol. The van der Waals surface area contributed by atoms with E-state index in [1.54, 1.807) is 0 Å². The highest BCUT2D eigenvalue weighted by molar-refractivity contribution is 5.92. The Morgan fingerprint density at radius 2 is 2.13 bits per heavy atom. The summed E-state index contributed by atoms with van der Waals surface area (Å²) in [6, 6.07) is 3.49. The molecule has 82 valence electrons. The summed E-state index contributed by atoms with van der Waals surface area (Å²) in [6.07, 6.45) is 0. The Bertz CT molecular complexity index is 366. The number of hydrogen-bond acceptors (Lipinski definition) is 2. The van der Waals surface area contributed by atoms with E-state index in [9.17, 15) is 9.18 Å². The van der Waals surface area contributed by atoms with Gasteiger partial charge >= 0.3 is 6.03 Å². The van der Waals surface area contributed by atoms with Crippen molar-refractivity contribution in [2.45, 2.75) is 19.9 Å². The number of carbonyl (C=O) groups excluding carboxylic acids is 1. The van der Waals surface area contributed by atoms with E-state index in [4.69, 9.17) is 5.73 Å². The zero-order chi connectivity index (χ0) is 11.4. The van der Waals surface area contributed by atoms with Crippen molar-refractivity contribution in [1.82, 2.24) is 5.32 Å². The third kappa shape index (κ3) is 3.46. The number of amides is 2. The number of nitrogen functional groups attached to an aromatic ring is 1. The maximum Gasteiger partial charge on any atom is 0.319 e. The van der Waals surface area contributed by atoms with Gasteiger partial charge in [-0.05, 0) is 32.0 Å². The molecule has 0 unspecified atom stereocenters. The van der Waals surface area contributed by atoms with Crippen molar-refractivity contribution in [3.8, 4) is 0 Å². The van der Waals surface area contributed by atoms with Crippen molar-refractivity contribution in [3.05, 3.63) is 24.0 Å². The molecule has 0 aliphatic heterocycles. The van der Waals surface area contributed by atoms with Gasteiger partial charge in [0, 0.05) is 6.04 Å². The molecule has 0 radical (unpaired) electrons. The number of hydrogen-bond donors (Lipinski definition) is 3. The Kier molecular flexibility index (Phi) is 3.49. The third-order valence-corrected chi connectivity index (χ3v) is 1.68. The molecule has 0 fully saturated rings. The number of carbonyl (C=O) groups is 1. The Labute approximate surface area is 87.7 Å². The largest absolute Gasteiger partial charge is 0.397 e. The van der Waals surface area contributed by atoms with Gasteiger partial charge in [0.2, 0.25) is 0 Å². The fraction of sp³-hybridized carbons (Fsp3) is 0.300. The topological polar surface area (TPSA) is 67.2 Å². The Morgan fingerprint density at radius 3 is 2.67 bits per heavy atom. The summed E-state index contributed by atoms with van der Waals surface area (Å²) < 4.78 is 12.7. The molecule has 1 rings (SSSR count). The van der Waals surface area contributed by atoms with Gasteiger partial charge in [0.25, 0.3) is 0 Å². The molecule has 0 atom stereocenters. The fourth-order valence-electron chi connectivity index (χ4n) is 1.07. The minimum atomic E-state index is -0.428. The molecule has 0 saturated heterocycles. The van der Waals surface area contributed by atoms with Gasteiger partial charge < -0.3 is 16.4 Å². The molecular weight excluding hydrogens is 197 g/mol. The molecule has 2 amide bonds. The van der Waals surface area contributed by atoms with Gasteiger partial charge in [0.1, 0.15) is 5.82 Å².